The molecule has 3 heteroatoms. The molecule has 0 saturated carbocycles. The summed E-state index contributed by atoms with van der Waals surface area (Å²) in [5.74, 6) is 1.19. The average Bonchev–Trinajstić information content (AvgIpc) is 2.68. The van der Waals surface area contributed by atoms with Crippen LogP contribution in [0, 0.1) is 5.41 Å². The number of hydrogen-bond donors (Lipinski definition) is 1. The van der Waals surface area contributed by atoms with E-state index in [1.165, 1.54) is 23.4 Å². The summed E-state index contributed by atoms with van der Waals surface area (Å²) in [5.41, 5.74) is 9.53. The molecule has 0 fully saturated rings. The van der Waals surface area contributed by atoms with E-state index in [0.717, 1.165) is 12.8 Å². The van der Waals surface area contributed by atoms with Crippen LogP contribution in [0.3, 0.4) is 0 Å². The Bertz CT molecular complexity index is 409. The Labute approximate surface area is 115 Å². The van der Waals surface area contributed by atoms with Gasteiger partial charge in [0.15, 0.2) is 0 Å². The van der Waals surface area contributed by atoms with Crippen LogP contribution in [-0.4, -0.2) is 16.6 Å². The van der Waals surface area contributed by atoms with Crippen LogP contribution in [0.15, 0.2) is 12.3 Å². The Kier molecular flexibility index (Phi) is 4.12. The van der Waals surface area contributed by atoms with Crippen LogP contribution in [-0.2, 0) is 6.42 Å². The third-order valence-electron chi connectivity index (χ3n) is 4.10. The van der Waals surface area contributed by atoms with Crippen molar-refractivity contribution in [2.75, 3.05) is 12.0 Å². The molecule has 0 amide bonds. The highest BCUT2D eigenvalue weighted by Gasteiger charge is 2.33. The summed E-state index contributed by atoms with van der Waals surface area (Å²) in [6, 6.07) is 3.08. The highest BCUT2D eigenvalue weighted by atomic mass is 32.2. The zero-order valence-electron chi connectivity index (χ0n) is 12.1. The van der Waals surface area contributed by atoms with E-state index in [-0.39, 0.29) is 6.04 Å². The molecule has 0 aliphatic heterocycles. The molecule has 0 spiro atoms. The highest BCUT2D eigenvalue weighted by Crippen LogP contribution is 2.41. The second kappa shape index (κ2) is 5.30. The highest BCUT2D eigenvalue weighted by molar-refractivity contribution is 7.98. The van der Waals surface area contributed by atoms with Gasteiger partial charge in [-0.2, -0.15) is 11.8 Å². The SMILES string of the molecule is CCC(CSC)n1ccc2c1CC(C)(C)CC2N. The van der Waals surface area contributed by atoms with Gasteiger partial charge in [0.25, 0.3) is 0 Å². The molecule has 2 unspecified atom stereocenters. The molecule has 0 saturated heterocycles. The predicted octanol–water partition coefficient (Wildman–Crippen LogP) is 3.77. The van der Waals surface area contributed by atoms with Crippen LogP contribution in [0.5, 0.6) is 0 Å². The summed E-state index contributed by atoms with van der Waals surface area (Å²) in [7, 11) is 0. The number of nitrogens with zero attached hydrogens (tertiary/aromatic N) is 1. The van der Waals surface area contributed by atoms with Gasteiger partial charge >= 0.3 is 0 Å². The number of aromatic nitrogens is 1. The standard InChI is InChI=1S/C15H26N2S/c1-5-11(10-18-4)17-7-6-12-13(16)8-15(2,3)9-14(12)17/h6-7,11,13H,5,8-10,16H2,1-4H3. The third kappa shape index (κ3) is 2.62. The van der Waals surface area contributed by atoms with Crippen molar-refractivity contribution in [3.8, 4) is 0 Å². The molecule has 102 valence electrons. The van der Waals surface area contributed by atoms with E-state index >= 15 is 0 Å². The van der Waals surface area contributed by atoms with Crippen molar-refractivity contribution in [2.24, 2.45) is 11.1 Å². The molecule has 1 aliphatic rings. The molecule has 1 aromatic rings. The Morgan fingerprint density at radius 2 is 2.28 bits per heavy atom. The van der Waals surface area contributed by atoms with Gasteiger partial charge in [0, 0.05) is 29.7 Å². The first-order chi connectivity index (χ1) is 8.48. The van der Waals surface area contributed by atoms with Crippen LogP contribution >= 0.6 is 11.8 Å². The molecule has 0 bridgehead atoms. The van der Waals surface area contributed by atoms with Crippen molar-refractivity contribution in [1.29, 1.82) is 0 Å². The summed E-state index contributed by atoms with van der Waals surface area (Å²) < 4.78 is 2.49. The number of hydrogen-bond acceptors (Lipinski definition) is 2. The molecule has 2 nitrogen and oxygen atoms in total. The lowest BCUT2D eigenvalue weighted by Gasteiger charge is -2.35. The van der Waals surface area contributed by atoms with Gasteiger partial charge in [0.2, 0.25) is 0 Å². The van der Waals surface area contributed by atoms with Gasteiger partial charge in [0.1, 0.15) is 0 Å². The Hall–Kier alpha value is -0.410. The minimum Gasteiger partial charge on any atom is -0.347 e. The van der Waals surface area contributed by atoms with Gasteiger partial charge in [-0.15, -0.1) is 0 Å². The first-order valence-corrected chi connectivity index (χ1v) is 8.32. The quantitative estimate of drug-likeness (QED) is 0.899. The summed E-state index contributed by atoms with van der Waals surface area (Å²) in [4.78, 5) is 0. The lowest BCUT2D eigenvalue weighted by atomic mass is 9.74. The second-order valence-corrected chi connectivity index (χ2v) is 7.20. The van der Waals surface area contributed by atoms with E-state index in [9.17, 15) is 0 Å². The number of fused-ring (bicyclic) bond motifs is 1. The van der Waals surface area contributed by atoms with E-state index < -0.39 is 0 Å². The fourth-order valence-electron chi connectivity index (χ4n) is 3.19. The van der Waals surface area contributed by atoms with Gasteiger partial charge in [0.05, 0.1) is 0 Å². The molecular weight excluding hydrogens is 240 g/mol. The monoisotopic (exact) mass is 266 g/mol. The molecule has 18 heavy (non-hydrogen) atoms. The predicted molar refractivity (Wildman–Crippen MR) is 81.2 cm³/mol. The van der Waals surface area contributed by atoms with Gasteiger partial charge in [-0.25, -0.2) is 0 Å². The number of thioether (sulfide) groups is 1. The maximum Gasteiger partial charge on any atom is 0.0421 e. The van der Waals surface area contributed by atoms with Gasteiger partial charge in [-0.05, 0) is 42.6 Å². The second-order valence-electron chi connectivity index (χ2n) is 6.29. The molecule has 1 heterocycles. The lowest BCUT2D eigenvalue weighted by molar-refractivity contribution is 0.272. The van der Waals surface area contributed by atoms with Crippen LogP contribution in [0.4, 0.5) is 0 Å². The fourth-order valence-corrected chi connectivity index (χ4v) is 3.97. The molecule has 0 aromatic carbocycles. The Morgan fingerprint density at radius 3 is 2.89 bits per heavy atom. The van der Waals surface area contributed by atoms with Crippen molar-refractivity contribution >= 4 is 11.8 Å². The molecule has 1 aromatic heterocycles. The average molecular weight is 266 g/mol. The third-order valence-corrected chi connectivity index (χ3v) is 4.82. The van der Waals surface area contributed by atoms with Crippen LogP contribution in [0.25, 0.3) is 0 Å². The summed E-state index contributed by atoms with van der Waals surface area (Å²) in [5, 5.41) is 0. The van der Waals surface area contributed by atoms with Crippen molar-refractivity contribution < 1.29 is 0 Å². The minimum atomic E-state index is 0.219. The summed E-state index contributed by atoms with van der Waals surface area (Å²) in [6.07, 6.45) is 7.90. The summed E-state index contributed by atoms with van der Waals surface area (Å²) in [6.45, 7) is 6.95. The van der Waals surface area contributed by atoms with Crippen LogP contribution in [0.2, 0.25) is 0 Å². The Balaban J connectivity index is 2.35. The smallest absolute Gasteiger partial charge is 0.0421 e. The number of nitrogens with two attached hydrogens (primary N) is 1. The number of rotatable bonds is 4. The van der Waals surface area contributed by atoms with Crippen molar-refractivity contribution in [3.63, 3.8) is 0 Å². The first-order valence-electron chi connectivity index (χ1n) is 6.92. The van der Waals surface area contributed by atoms with Crippen LogP contribution in [0.1, 0.15) is 57.0 Å². The van der Waals surface area contributed by atoms with Crippen molar-refractivity contribution in [3.05, 3.63) is 23.5 Å². The normalized spacial score (nSPS) is 23.7. The van der Waals surface area contributed by atoms with E-state index in [1.807, 2.05) is 11.8 Å². The zero-order valence-corrected chi connectivity index (χ0v) is 12.9. The van der Waals surface area contributed by atoms with Crippen molar-refractivity contribution in [2.45, 2.75) is 52.1 Å². The molecule has 2 atom stereocenters. The van der Waals surface area contributed by atoms with E-state index in [0.29, 0.717) is 11.5 Å². The Morgan fingerprint density at radius 1 is 1.56 bits per heavy atom. The van der Waals surface area contributed by atoms with Gasteiger partial charge in [-0.3, -0.25) is 0 Å². The maximum absolute atomic E-state index is 6.33. The van der Waals surface area contributed by atoms with Gasteiger partial charge in [-0.1, -0.05) is 20.8 Å². The summed E-state index contributed by atoms with van der Waals surface area (Å²) >= 11 is 1.93. The van der Waals surface area contributed by atoms with Crippen LogP contribution < -0.4 is 5.73 Å². The maximum atomic E-state index is 6.33. The van der Waals surface area contributed by atoms with Gasteiger partial charge < -0.3 is 10.3 Å². The van der Waals surface area contributed by atoms with E-state index in [4.69, 9.17) is 5.73 Å². The van der Waals surface area contributed by atoms with Crippen molar-refractivity contribution in [1.82, 2.24) is 4.57 Å². The largest absolute Gasteiger partial charge is 0.347 e. The zero-order chi connectivity index (χ0) is 13.3. The molecule has 2 N–H and O–H groups in total. The van der Waals surface area contributed by atoms with E-state index in [2.05, 4.69) is 43.9 Å². The molecular formula is C15H26N2S. The molecule has 1 aliphatic carbocycles. The fraction of sp³-hybridized carbons (Fsp3) is 0.733. The molecule has 0 radical (unpaired) electrons. The minimum absolute atomic E-state index is 0.219. The topological polar surface area (TPSA) is 30.9 Å². The first kappa shape index (κ1) is 14.0. The molecule has 2 rings (SSSR count). The van der Waals surface area contributed by atoms with E-state index in [1.54, 1.807) is 0 Å². The lowest BCUT2D eigenvalue weighted by Crippen LogP contribution is -2.31.